The molecule has 5 aromatic rings. The van der Waals surface area contributed by atoms with Crippen LogP contribution in [0.2, 0.25) is 5.02 Å². The molecule has 6 nitrogen and oxygen atoms in total. The molecule has 9 heteroatoms. The van der Waals surface area contributed by atoms with Crippen molar-refractivity contribution in [1.82, 2.24) is 19.7 Å². The van der Waals surface area contributed by atoms with Gasteiger partial charge in [-0.25, -0.2) is 4.98 Å². The SMILES string of the molecule is CC(O)CSc1n[nH]c2cc(-n3cnc4cc(-c5ccc(Cl)cc5)sc4c3=O)ccc12. The second kappa shape index (κ2) is 8.12. The number of rotatable bonds is 5. The Labute approximate surface area is 190 Å². The van der Waals surface area contributed by atoms with Gasteiger partial charge in [0.25, 0.3) is 5.56 Å². The Kier molecular flexibility index (Phi) is 5.31. The van der Waals surface area contributed by atoms with Gasteiger partial charge in [-0.3, -0.25) is 14.5 Å². The number of halogens is 1. The van der Waals surface area contributed by atoms with Gasteiger partial charge in [0.1, 0.15) is 16.1 Å². The number of thiophene rings is 1. The summed E-state index contributed by atoms with van der Waals surface area (Å²) < 4.78 is 2.15. The van der Waals surface area contributed by atoms with Crippen molar-refractivity contribution in [2.75, 3.05) is 5.75 Å². The molecule has 0 saturated heterocycles. The molecular formula is C22H17ClN4O2S2. The lowest BCUT2D eigenvalue weighted by Crippen LogP contribution is -2.17. The Bertz CT molecular complexity index is 1450. The number of aromatic amines is 1. The average Bonchev–Trinajstić information content (AvgIpc) is 3.37. The molecule has 0 saturated carbocycles. The number of aliphatic hydroxyl groups excluding tert-OH is 1. The minimum atomic E-state index is -0.407. The van der Waals surface area contributed by atoms with E-state index in [4.69, 9.17) is 11.6 Å². The number of hydrogen-bond donors (Lipinski definition) is 2. The molecular weight excluding hydrogens is 452 g/mol. The molecule has 0 fully saturated rings. The molecule has 0 amide bonds. The lowest BCUT2D eigenvalue weighted by Gasteiger charge is -2.05. The molecule has 1 unspecified atom stereocenters. The minimum Gasteiger partial charge on any atom is -0.393 e. The lowest BCUT2D eigenvalue weighted by atomic mass is 10.2. The standard InChI is InChI=1S/C22H17ClN4O2S2/c1-12(28)10-30-21-16-7-6-15(8-17(16)25-26-21)27-11-24-18-9-19(31-20(18)22(27)29)13-2-4-14(23)5-3-13/h2-9,11-12,28H,10H2,1H3,(H,25,26). The molecule has 31 heavy (non-hydrogen) atoms. The predicted molar refractivity (Wildman–Crippen MR) is 128 cm³/mol. The van der Waals surface area contributed by atoms with Gasteiger partial charge < -0.3 is 5.11 Å². The van der Waals surface area contributed by atoms with Crippen molar-refractivity contribution in [3.63, 3.8) is 0 Å². The zero-order valence-electron chi connectivity index (χ0n) is 16.4. The van der Waals surface area contributed by atoms with Crippen molar-refractivity contribution in [2.45, 2.75) is 18.1 Å². The maximum absolute atomic E-state index is 13.2. The highest BCUT2D eigenvalue weighted by Crippen LogP contribution is 2.32. The van der Waals surface area contributed by atoms with Crippen molar-refractivity contribution in [2.24, 2.45) is 0 Å². The third-order valence-electron chi connectivity index (χ3n) is 4.82. The molecule has 2 aromatic carbocycles. The number of thioether (sulfide) groups is 1. The number of nitrogens with one attached hydrogen (secondary N) is 1. The summed E-state index contributed by atoms with van der Waals surface area (Å²) in [5, 5.41) is 19.3. The molecule has 0 bridgehead atoms. The van der Waals surface area contributed by atoms with Gasteiger partial charge in [-0.1, -0.05) is 23.7 Å². The van der Waals surface area contributed by atoms with Gasteiger partial charge in [-0.05, 0) is 48.9 Å². The lowest BCUT2D eigenvalue weighted by molar-refractivity contribution is 0.220. The summed E-state index contributed by atoms with van der Waals surface area (Å²) in [6, 6.07) is 15.2. The monoisotopic (exact) mass is 468 g/mol. The Morgan fingerprint density at radius 2 is 2.03 bits per heavy atom. The maximum Gasteiger partial charge on any atom is 0.275 e. The third kappa shape index (κ3) is 3.87. The first-order valence-corrected chi connectivity index (χ1v) is 11.7. The largest absolute Gasteiger partial charge is 0.393 e. The second-order valence-corrected chi connectivity index (χ2v) is 9.67. The summed E-state index contributed by atoms with van der Waals surface area (Å²) in [6.07, 6.45) is 1.15. The normalized spacial score (nSPS) is 12.6. The van der Waals surface area contributed by atoms with Crippen molar-refractivity contribution in [3.05, 3.63) is 70.2 Å². The Morgan fingerprint density at radius 3 is 2.81 bits per heavy atom. The van der Waals surface area contributed by atoms with Crippen LogP contribution in [0.4, 0.5) is 0 Å². The van der Waals surface area contributed by atoms with Crippen LogP contribution >= 0.6 is 34.7 Å². The molecule has 3 aromatic heterocycles. The van der Waals surface area contributed by atoms with Gasteiger partial charge in [-0.2, -0.15) is 5.10 Å². The minimum absolute atomic E-state index is 0.113. The van der Waals surface area contributed by atoms with E-state index in [-0.39, 0.29) is 5.56 Å². The summed E-state index contributed by atoms with van der Waals surface area (Å²) in [5.41, 5.74) is 3.10. The van der Waals surface area contributed by atoms with Crippen LogP contribution in [0.3, 0.4) is 0 Å². The first-order valence-electron chi connectivity index (χ1n) is 9.56. The molecule has 1 atom stereocenters. The van der Waals surface area contributed by atoms with Gasteiger partial charge >= 0.3 is 0 Å². The highest BCUT2D eigenvalue weighted by molar-refractivity contribution is 7.99. The Hall–Kier alpha value is -2.65. The summed E-state index contributed by atoms with van der Waals surface area (Å²) in [4.78, 5) is 18.7. The Morgan fingerprint density at radius 1 is 1.23 bits per heavy atom. The van der Waals surface area contributed by atoms with Gasteiger partial charge in [0.15, 0.2) is 0 Å². The molecule has 0 radical (unpaired) electrons. The van der Waals surface area contributed by atoms with Crippen molar-refractivity contribution in [1.29, 1.82) is 0 Å². The highest BCUT2D eigenvalue weighted by atomic mass is 35.5. The van der Waals surface area contributed by atoms with Crippen LogP contribution < -0.4 is 5.56 Å². The molecule has 0 aliphatic rings. The van der Waals surface area contributed by atoms with Gasteiger partial charge in [-0.15, -0.1) is 23.1 Å². The molecule has 3 heterocycles. The summed E-state index contributed by atoms with van der Waals surface area (Å²) in [7, 11) is 0. The number of H-pyrrole nitrogens is 1. The van der Waals surface area contributed by atoms with E-state index < -0.39 is 6.10 Å². The molecule has 2 N–H and O–H groups in total. The predicted octanol–water partition coefficient (Wildman–Crippen LogP) is 5.12. The van der Waals surface area contributed by atoms with Crippen LogP contribution in [0.25, 0.3) is 37.2 Å². The second-order valence-electron chi connectivity index (χ2n) is 7.17. The Balaban J connectivity index is 1.54. The summed E-state index contributed by atoms with van der Waals surface area (Å²) in [6.45, 7) is 1.75. The summed E-state index contributed by atoms with van der Waals surface area (Å²) in [5.74, 6) is 0.566. The highest BCUT2D eigenvalue weighted by Gasteiger charge is 2.13. The van der Waals surface area contributed by atoms with Crippen LogP contribution in [0.5, 0.6) is 0 Å². The summed E-state index contributed by atoms with van der Waals surface area (Å²) >= 11 is 8.90. The third-order valence-corrected chi connectivity index (χ3v) is 7.46. The molecule has 0 spiro atoms. The number of fused-ring (bicyclic) bond motifs is 2. The quantitative estimate of drug-likeness (QED) is 0.350. The number of aromatic nitrogens is 4. The molecule has 0 aliphatic heterocycles. The van der Waals surface area contributed by atoms with E-state index in [9.17, 15) is 9.90 Å². The number of benzene rings is 2. The van der Waals surface area contributed by atoms with E-state index in [1.807, 2.05) is 48.5 Å². The molecule has 156 valence electrons. The van der Waals surface area contributed by atoms with E-state index in [2.05, 4.69) is 15.2 Å². The van der Waals surface area contributed by atoms with Crippen molar-refractivity contribution < 1.29 is 5.11 Å². The zero-order chi connectivity index (χ0) is 21.5. The topological polar surface area (TPSA) is 83.8 Å². The first-order chi connectivity index (χ1) is 15.0. The van der Waals surface area contributed by atoms with Gasteiger partial charge in [0.05, 0.1) is 22.8 Å². The van der Waals surface area contributed by atoms with E-state index >= 15 is 0 Å². The fourth-order valence-corrected chi connectivity index (χ4v) is 5.31. The molecule has 0 aliphatic carbocycles. The van der Waals surface area contributed by atoms with E-state index in [1.54, 1.807) is 17.8 Å². The van der Waals surface area contributed by atoms with E-state index in [1.165, 1.54) is 23.1 Å². The number of nitrogens with zero attached hydrogens (tertiary/aromatic N) is 3. The van der Waals surface area contributed by atoms with Crippen molar-refractivity contribution >= 4 is 55.8 Å². The van der Waals surface area contributed by atoms with Crippen molar-refractivity contribution in [3.8, 4) is 16.1 Å². The fourth-order valence-electron chi connectivity index (χ4n) is 3.29. The van der Waals surface area contributed by atoms with E-state index in [0.717, 1.165) is 26.4 Å². The first kappa shape index (κ1) is 20.3. The van der Waals surface area contributed by atoms with Crippen LogP contribution in [0, 0.1) is 0 Å². The number of hydrogen-bond acceptors (Lipinski definition) is 6. The zero-order valence-corrected chi connectivity index (χ0v) is 18.8. The fraction of sp³-hybridized carbons (Fsp3) is 0.136. The van der Waals surface area contributed by atoms with E-state index in [0.29, 0.717) is 26.7 Å². The average molecular weight is 469 g/mol. The van der Waals surface area contributed by atoms with Crippen LogP contribution in [-0.4, -0.2) is 36.7 Å². The van der Waals surface area contributed by atoms with Gasteiger partial charge in [0, 0.05) is 21.0 Å². The number of aliphatic hydroxyl groups is 1. The van der Waals surface area contributed by atoms with Crippen LogP contribution in [-0.2, 0) is 0 Å². The smallest absolute Gasteiger partial charge is 0.275 e. The molecule has 5 rings (SSSR count). The maximum atomic E-state index is 13.2. The van der Waals surface area contributed by atoms with Crippen LogP contribution in [0.15, 0.2) is 64.7 Å². The van der Waals surface area contributed by atoms with Gasteiger partial charge in [0.2, 0.25) is 0 Å². The van der Waals surface area contributed by atoms with Crippen LogP contribution in [0.1, 0.15) is 6.92 Å².